The molecule has 0 saturated carbocycles. The summed E-state index contributed by atoms with van der Waals surface area (Å²) in [7, 11) is 0. The molecule has 1 aliphatic heterocycles. The van der Waals surface area contributed by atoms with Crippen molar-refractivity contribution in [3.8, 4) is 0 Å². The summed E-state index contributed by atoms with van der Waals surface area (Å²) >= 11 is 0. The monoisotopic (exact) mass is 395 g/mol. The molecule has 1 N–H and O–H groups in total. The molecule has 6 heteroatoms. The van der Waals surface area contributed by atoms with Gasteiger partial charge in [-0.15, -0.1) is 0 Å². The number of nitrogens with one attached hydrogen (secondary N) is 1. The lowest BCUT2D eigenvalue weighted by Gasteiger charge is -2.24. The minimum Gasteiger partial charge on any atom is -0.388 e. The summed E-state index contributed by atoms with van der Waals surface area (Å²) in [6.45, 7) is 7.85. The van der Waals surface area contributed by atoms with E-state index in [9.17, 15) is 18.1 Å². The van der Waals surface area contributed by atoms with Gasteiger partial charge in [-0.05, 0) is 60.4 Å². The molecule has 1 aromatic carbocycles. The molecule has 2 rings (SSSR count). The fourth-order valence-electron chi connectivity index (χ4n) is 3.60. The topological polar surface area (TPSA) is 38.3 Å². The smallest absolute Gasteiger partial charge is 0.377 e. The van der Waals surface area contributed by atoms with Crippen molar-refractivity contribution in [3.63, 3.8) is 0 Å². The van der Waals surface area contributed by atoms with Crippen molar-refractivity contribution in [3.05, 3.63) is 52.2 Å². The first-order valence-electron chi connectivity index (χ1n) is 9.70. The number of hydrogen-bond donors (Lipinski definition) is 1. The fraction of sp³-hybridized carbons (Fsp3) is 0.500. The van der Waals surface area contributed by atoms with E-state index in [1.165, 1.54) is 6.20 Å². The van der Waals surface area contributed by atoms with E-state index in [0.29, 0.717) is 18.4 Å². The van der Waals surface area contributed by atoms with Crippen LogP contribution < -0.4 is 5.32 Å². The Bertz CT molecular complexity index is 769. The Morgan fingerprint density at radius 1 is 1.32 bits per heavy atom. The van der Waals surface area contributed by atoms with E-state index < -0.39 is 12.4 Å². The number of rotatable bonds is 5. The summed E-state index contributed by atoms with van der Waals surface area (Å²) in [6.07, 6.45) is 2.86. The van der Waals surface area contributed by atoms with Crippen molar-refractivity contribution in [1.82, 2.24) is 5.32 Å². The third kappa shape index (κ3) is 5.18. The lowest BCUT2D eigenvalue weighted by Crippen LogP contribution is -2.26. The fourth-order valence-corrected chi connectivity index (χ4v) is 3.60. The number of allylic oxidation sites excluding steroid dienone is 2. The number of benzene rings is 1. The van der Waals surface area contributed by atoms with Crippen molar-refractivity contribution in [2.45, 2.75) is 65.8 Å². The average Bonchev–Trinajstić information content (AvgIpc) is 2.64. The molecular formula is C22H28F3NO2. The second-order valence-corrected chi connectivity index (χ2v) is 7.58. The summed E-state index contributed by atoms with van der Waals surface area (Å²) in [5.74, 6) is -1.00. The zero-order valence-corrected chi connectivity index (χ0v) is 16.8. The van der Waals surface area contributed by atoms with Crippen molar-refractivity contribution >= 4 is 11.5 Å². The van der Waals surface area contributed by atoms with Crippen molar-refractivity contribution in [2.75, 3.05) is 0 Å². The molecule has 0 fully saturated rings. The van der Waals surface area contributed by atoms with Crippen LogP contribution in [0.1, 0.15) is 69.2 Å². The van der Waals surface area contributed by atoms with Crippen LogP contribution in [0.2, 0.25) is 0 Å². The van der Waals surface area contributed by atoms with Gasteiger partial charge in [0, 0.05) is 22.3 Å². The summed E-state index contributed by atoms with van der Waals surface area (Å²) in [5.41, 5.74) is 3.52. The summed E-state index contributed by atoms with van der Waals surface area (Å²) in [6, 6.07) is 3.43. The highest BCUT2D eigenvalue weighted by Crippen LogP contribution is 2.35. The van der Waals surface area contributed by atoms with E-state index in [2.05, 4.69) is 10.3 Å². The van der Waals surface area contributed by atoms with Crippen LogP contribution in [0.15, 0.2) is 30.0 Å². The maximum atomic E-state index is 13.7. The first kappa shape index (κ1) is 22.1. The van der Waals surface area contributed by atoms with Gasteiger partial charge < -0.3 is 5.32 Å². The zero-order chi connectivity index (χ0) is 20.8. The third-order valence-electron chi connectivity index (χ3n) is 4.99. The van der Waals surface area contributed by atoms with Gasteiger partial charge in [0.25, 0.3) is 6.43 Å². The summed E-state index contributed by atoms with van der Waals surface area (Å²) in [5, 5.41) is 3.08. The van der Waals surface area contributed by atoms with Crippen LogP contribution in [-0.4, -0.2) is 12.0 Å². The highest BCUT2D eigenvalue weighted by atomic mass is 19.3. The molecule has 1 aliphatic rings. The van der Waals surface area contributed by atoms with E-state index in [1.54, 1.807) is 12.1 Å². The Morgan fingerprint density at radius 3 is 2.61 bits per heavy atom. The largest absolute Gasteiger partial charge is 0.388 e. The van der Waals surface area contributed by atoms with Gasteiger partial charge in [-0.1, -0.05) is 39.3 Å². The van der Waals surface area contributed by atoms with Gasteiger partial charge in [0.15, 0.2) is 0 Å². The first-order valence-corrected chi connectivity index (χ1v) is 9.70. The van der Waals surface area contributed by atoms with Crippen LogP contribution in [-0.2, 0) is 22.6 Å². The van der Waals surface area contributed by atoms with E-state index in [4.69, 9.17) is 0 Å². The van der Waals surface area contributed by atoms with Crippen LogP contribution in [0.25, 0.3) is 5.57 Å². The maximum absolute atomic E-state index is 13.7. The predicted octanol–water partition coefficient (Wildman–Crippen LogP) is 5.85. The van der Waals surface area contributed by atoms with Crippen LogP contribution in [0.4, 0.5) is 13.3 Å². The molecule has 1 atom stereocenters. The van der Waals surface area contributed by atoms with E-state index in [0.717, 1.165) is 23.1 Å². The van der Waals surface area contributed by atoms with Crippen molar-refractivity contribution in [1.29, 1.82) is 0 Å². The lowest BCUT2D eigenvalue weighted by atomic mass is 9.84. The highest BCUT2D eigenvalue weighted by molar-refractivity contribution is 5.88. The Labute approximate surface area is 164 Å². The lowest BCUT2D eigenvalue weighted by molar-refractivity contribution is -0.178. The molecule has 3 nitrogen and oxygen atoms in total. The molecule has 0 radical (unpaired) electrons. The number of halogens is 3. The molecule has 154 valence electrons. The molecule has 0 spiro atoms. The van der Waals surface area contributed by atoms with Gasteiger partial charge in [-0.25, -0.2) is 18.5 Å². The zero-order valence-electron chi connectivity index (χ0n) is 16.8. The van der Waals surface area contributed by atoms with Gasteiger partial charge in [0.1, 0.15) is 0 Å². The van der Waals surface area contributed by atoms with E-state index >= 15 is 0 Å². The van der Waals surface area contributed by atoms with Gasteiger partial charge >= 0.3 is 5.97 Å². The molecule has 0 bridgehead atoms. The molecule has 0 aliphatic carbocycles. The molecule has 1 heterocycles. The Balaban J connectivity index is 2.65. The minimum atomic E-state index is -2.55. The molecule has 1 aromatic rings. The second-order valence-electron chi connectivity index (χ2n) is 7.58. The molecule has 0 saturated heterocycles. The van der Waals surface area contributed by atoms with Gasteiger partial charge in [0.2, 0.25) is 0 Å². The standard InChI is InChI=1S/C22H28F3NO2/c1-5-6-15-10-17-9-14(4)26-12-16(22(27)28-25)7-8-18(13(2)3)19(17)11-20(15)21(23)24/h8,10-14,21,26H,5-7,9H2,1-4H3/b16-12+,18-8+. The predicted molar refractivity (Wildman–Crippen MR) is 104 cm³/mol. The number of fused-ring (bicyclic) bond motifs is 1. The minimum absolute atomic E-state index is 0.0478. The van der Waals surface area contributed by atoms with E-state index in [1.807, 2.05) is 33.8 Å². The van der Waals surface area contributed by atoms with Crippen molar-refractivity contribution in [2.24, 2.45) is 5.92 Å². The Kier molecular flexibility index (Phi) is 7.72. The van der Waals surface area contributed by atoms with E-state index in [-0.39, 0.29) is 29.5 Å². The van der Waals surface area contributed by atoms with Crippen LogP contribution in [0.5, 0.6) is 0 Å². The van der Waals surface area contributed by atoms with Gasteiger partial charge in [0.05, 0.1) is 5.57 Å². The van der Waals surface area contributed by atoms with Crippen molar-refractivity contribution < 1.29 is 23.0 Å². The Hall–Kier alpha value is -2.24. The molecule has 0 amide bonds. The number of hydrogen-bond acceptors (Lipinski definition) is 3. The SMILES string of the molecule is CCCc1cc2c(cc1C(F)F)/C(C(C)C)=C/C/C(C(=O)OF)=C\NC(C)C2. The number of alkyl halides is 2. The Morgan fingerprint density at radius 2 is 2.04 bits per heavy atom. The molecule has 1 unspecified atom stereocenters. The van der Waals surface area contributed by atoms with Gasteiger partial charge in [-0.2, -0.15) is 0 Å². The summed E-state index contributed by atoms with van der Waals surface area (Å²) < 4.78 is 39.9. The summed E-state index contributed by atoms with van der Waals surface area (Å²) in [4.78, 5) is 15.1. The van der Waals surface area contributed by atoms with Gasteiger partial charge in [-0.3, -0.25) is 0 Å². The average molecular weight is 395 g/mol. The number of carbonyl (C=O) groups is 1. The molecular weight excluding hydrogens is 367 g/mol. The number of carbonyl (C=O) groups excluding carboxylic acids is 1. The molecule has 28 heavy (non-hydrogen) atoms. The van der Waals surface area contributed by atoms with Crippen LogP contribution in [0, 0.1) is 5.92 Å². The third-order valence-corrected chi connectivity index (χ3v) is 4.99. The second kappa shape index (κ2) is 9.80. The highest BCUT2D eigenvalue weighted by Gasteiger charge is 2.22. The van der Waals surface area contributed by atoms with Crippen LogP contribution >= 0.6 is 0 Å². The molecule has 0 aromatic heterocycles. The normalized spacial score (nSPS) is 21.2. The first-order chi connectivity index (χ1) is 13.3. The van der Waals surface area contributed by atoms with Crippen LogP contribution in [0.3, 0.4) is 0 Å². The maximum Gasteiger partial charge on any atom is 0.377 e. The quantitative estimate of drug-likeness (QED) is 0.679. The number of aryl methyl sites for hydroxylation is 1.